The summed E-state index contributed by atoms with van der Waals surface area (Å²) in [6.45, 7) is 10.2. The van der Waals surface area contributed by atoms with Crippen LogP contribution in [0.3, 0.4) is 0 Å². The van der Waals surface area contributed by atoms with E-state index < -0.39 is 0 Å². The minimum atomic E-state index is 0.160. The lowest BCUT2D eigenvalue weighted by molar-refractivity contribution is 0.234. The third-order valence-corrected chi connectivity index (χ3v) is 3.85. The molecule has 1 fully saturated rings. The summed E-state index contributed by atoms with van der Waals surface area (Å²) in [5, 5.41) is 0. The zero-order chi connectivity index (χ0) is 14.4. The largest absolute Gasteiger partial charge is 0.302 e. The number of hydrogen-bond donors (Lipinski definition) is 0. The zero-order valence-corrected chi connectivity index (χ0v) is 13.1. The van der Waals surface area contributed by atoms with Gasteiger partial charge in [-0.05, 0) is 48.9 Å². The van der Waals surface area contributed by atoms with Gasteiger partial charge >= 0.3 is 0 Å². The highest BCUT2D eigenvalue weighted by Gasteiger charge is 2.13. The first-order valence-corrected chi connectivity index (χ1v) is 7.73. The Hall–Kier alpha value is -1.33. The number of likely N-dealkylation sites (tertiary alicyclic amines) is 1. The van der Waals surface area contributed by atoms with E-state index in [1.807, 2.05) is 12.3 Å². The summed E-state index contributed by atoms with van der Waals surface area (Å²) < 4.78 is 0. The van der Waals surface area contributed by atoms with Crippen LogP contribution < -0.4 is 0 Å². The molecule has 1 aliphatic heterocycles. The molecule has 2 heterocycles. The van der Waals surface area contributed by atoms with Gasteiger partial charge in [-0.15, -0.1) is 0 Å². The highest BCUT2D eigenvalue weighted by atomic mass is 15.1. The first-order valence-electron chi connectivity index (χ1n) is 7.73. The van der Waals surface area contributed by atoms with Crippen molar-refractivity contribution < 1.29 is 0 Å². The van der Waals surface area contributed by atoms with Crippen molar-refractivity contribution >= 4 is 0 Å². The molecule has 108 valence electrons. The summed E-state index contributed by atoms with van der Waals surface area (Å²) in [6, 6.07) is 4.18. The highest BCUT2D eigenvalue weighted by molar-refractivity contribution is 5.31. The van der Waals surface area contributed by atoms with E-state index >= 15 is 0 Å². The fourth-order valence-corrected chi connectivity index (χ4v) is 2.46. The molecule has 0 aromatic carbocycles. The van der Waals surface area contributed by atoms with Crippen LogP contribution in [0.2, 0.25) is 0 Å². The Morgan fingerprint density at radius 2 is 1.90 bits per heavy atom. The van der Waals surface area contributed by atoms with Crippen molar-refractivity contribution in [2.45, 2.75) is 51.9 Å². The van der Waals surface area contributed by atoms with Gasteiger partial charge in [-0.3, -0.25) is 0 Å². The van der Waals surface area contributed by atoms with Crippen LogP contribution in [0, 0.1) is 11.8 Å². The van der Waals surface area contributed by atoms with E-state index in [9.17, 15) is 0 Å². The minimum absolute atomic E-state index is 0.160. The van der Waals surface area contributed by atoms with Crippen LogP contribution in [0.4, 0.5) is 0 Å². The summed E-state index contributed by atoms with van der Waals surface area (Å²) in [5.41, 5.74) is 2.31. The van der Waals surface area contributed by atoms with Gasteiger partial charge in [-0.1, -0.05) is 39.2 Å². The minimum Gasteiger partial charge on any atom is -0.302 e. The van der Waals surface area contributed by atoms with Gasteiger partial charge in [-0.25, -0.2) is 4.98 Å². The SMILES string of the molecule is CC(C)(C)c1ccc(C#CCCN2CCCCC2)nc1. The summed E-state index contributed by atoms with van der Waals surface area (Å²) in [5.74, 6) is 6.43. The number of rotatable bonds is 2. The Morgan fingerprint density at radius 1 is 1.15 bits per heavy atom. The number of hydrogen-bond acceptors (Lipinski definition) is 2. The Labute approximate surface area is 123 Å². The third kappa shape index (κ3) is 4.65. The molecule has 0 N–H and O–H groups in total. The third-order valence-electron chi connectivity index (χ3n) is 3.85. The average molecular weight is 270 g/mol. The molecule has 2 nitrogen and oxygen atoms in total. The number of piperidine rings is 1. The predicted molar refractivity (Wildman–Crippen MR) is 84.7 cm³/mol. The molecule has 1 saturated heterocycles. The first-order chi connectivity index (χ1) is 9.55. The lowest BCUT2D eigenvalue weighted by Gasteiger charge is -2.25. The van der Waals surface area contributed by atoms with Crippen molar-refractivity contribution in [2.75, 3.05) is 19.6 Å². The van der Waals surface area contributed by atoms with Crippen LogP contribution in [0.25, 0.3) is 0 Å². The first kappa shape index (κ1) is 15.1. The molecule has 2 rings (SSSR count). The van der Waals surface area contributed by atoms with Gasteiger partial charge in [-0.2, -0.15) is 0 Å². The van der Waals surface area contributed by atoms with E-state index in [4.69, 9.17) is 0 Å². The molecule has 0 aliphatic carbocycles. The van der Waals surface area contributed by atoms with Crippen molar-refractivity contribution in [1.29, 1.82) is 0 Å². The molecule has 0 radical (unpaired) electrons. The maximum Gasteiger partial charge on any atom is 0.113 e. The van der Waals surface area contributed by atoms with Crippen molar-refractivity contribution in [3.8, 4) is 11.8 Å². The van der Waals surface area contributed by atoms with Crippen LogP contribution in [0.5, 0.6) is 0 Å². The molecule has 1 aromatic heterocycles. The second kappa shape index (κ2) is 6.90. The van der Waals surface area contributed by atoms with Gasteiger partial charge in [0.25, 0.3) is 0 Å². The molecule has 0 amide bonds. The second-order valence-corrected chi connectivity index (χ2v) is 6.64. The van der Waals surface area contributed by atoms with Crippen molar-refractivity contribution in [1.82, 2.24) is 9.88 Å². The van der Waals surface area contributed by atoms with E-state index in [0.717, 1.165) is 18.7 Å². The lowest BCUT2D eigenvalue weighted by Crippen LogP contribution is -2.30. The predicted octanol–water partition coefficient (Wildman–Crippen LogP) is 3.61. The van der Waals surface area contributed by atoms with Gasteiger partial charge in [0, 0.05) is 19.2 Å². The molecule has 1 aromatic rings. The maximum atomic E-state index is 4.44. The zero-order valence-electron chi connectivity index (χ0n) is 13.1. The Kier molecular flexibility index (Phi) is 5.20. The maximum absolute atomic E-state index is 4.44. The van der Waals surface area contributed by atoms with Crippen LogP contribution in [-0.4, -0.2) is 29.5 Å². The fraction of sp³-hybridized carbons (Fsp3) is 0.611. The van der Waals surface area contributed by atoms with E-state index in [0.29, 0.717) is 0 Å². The second-order valence-electron chi connectivity index (χ2n) is 6.64. The number of nitrogens with zero attached hydrogens (tertiary/aromatic N) is 2. The smallest absolute Gasteiger partial charge is 0.113 e. The Bertz CT molecular complexity index is 465. The van der Waals surface area contributed by atoms with Gasteiger partial charge < -0.3 is 4.90 Å². The number of pyridine rings is 1. The number of aromatic nitrogens is 1. The molecule has 0 saturated carbocycles. The van der Waals surface area contributed by atoms with E-state index in [2.05, 4.69) is 48.6 Å². The molecular weight excluding hydrogens is 244 g/mol. The molecule has 0 unspecified atom stereocenters. The summed E-state index contributed by atoms with van der Waals surface area (Å²) in [4.78, 5) is 6.96. The Morgan fingerprint density at radius 3 is 2.50 bits per heavy atom. The summed E-state index contributed by atoms with van der Waals surface area (Å²) >= 11 is 0. The lowest BCUT2D eigenvalue weighted by atomic mass is 9.88. The summed E-state index contributed by atoms with van der Waals surface area (Å²) in [6.07, 6.45) is 7.00. The molecular formula is C18H26N2. The van der Waals surface area contributed by atoms with Crippen LogP contribution in [0.1, 0.15) is 57.7 Å². The molecule has 0 bridgehead atoms. The quantitative estimate of drug-likeness (QED) is 0.763. The van der Waals surface area contributed by atoms with Crippen LogP contribution in [-0.2, 0) is 5.41 Å². The Balaban J connectivity index is 1.83. The average Bonchev–Trinajstić information content (AvgIpc) is 2.44. The van der Waals surface area contributed by atoms with E-state index in [-0.39, 0.29) is 5.41 Å². The van der Waals surface area contributed by atoms with Gasteiger partial charge in [0.1, 0.15) is 5.69 Å². The summed E-state index contributed by atoms with van der Waals surface area (Å²) in [7, 11) is 0. The van der Waals surface area contributed by atoms with Crippen molar-refractivity contribution in [3.63, 3.8) is 0 Å². The fourth-order valence-electron chi connectivity index (χ4n) is 2.46. The molecule has 20 heavy (non-hydrogen) atoms. The normalized spacial score (nSPS) is 16.6. The van der Waals surface area contributed by atoms with Gasteiger partial charge in [0.2, 0.25) is 0 Å². The van der Waals surface area contributed by atoms with E-state index in [1.54, 1.807) is 0 Å². The molecule has 0 atom stereocenters. The molecule has 1 aliphatic rings. The van der Waals surface area contributed by atoms with Crippen molar-refractivity contribution in [3.05, 3.63) is 29.6 Å². The molecule has 2 heteroatoms. The topological polar surface area (TPSA) is 16.1 Å². The monoisotopic (exact) mass is 270 g/mol. The van der Waals surface area contributed by atoms with Gasteiger partial charge in [0.15, 0.2) is 0 Å². The van der Waals surface area contributed by atoms with E-state index in [1.165, 1.54) is 37.9 Å². The van der Waals surface area contributed by atoms with Gasteiger partial charge in [0.05, 0.1) is 0 Å². The van der Waals surface area contributed by atoms with Crippen LogP contribution >= 0.6 is 0 Å². The standard InChI is InChI=1S/C18H26N2/c1-18(2,3)16-10-11-17(19-15-16)9-5-8-14-20-12-6-4-7-13-20/h10-11,15H,4,6-8,12-14H2,1-3H3. The van der Waals surface area contributed by atoms with Crippen LogP contribution in [0.15, 0.2) is 18.3 Å². The molecule has 0 spiro atoms. The van der Waals surface area contributed by atoms with Crippen molar-refractivity contribution in [2.24, 2.45) is 0 Å². The highest BCUT2D eigenvalue weighted by Crippen LogP contribution is 2.20.